The maximum Gasteiger partial charge on any atom is 0.152 e. The lowest BCUT2D eigenvalue weighted by molar-refractivity contribution is 0.939. The van der Waals surface area contributed by atoms with E-state index < -0.39 is 0 Å². The molecule has 0 aliphatic carbocycles. The lowest BCUT2D eigenvalue weighted by atomic mass is 10.3. The zero-order chi connectivity index (χ0) is 12.5. The van der Waals surface area contributed by atoms with Gasteiger partial charge in [0.25, 0.3) is 0 Å². The first-order chi connectivity index (χ1) is 8.74. The minimum absolute atomic E-state index is 0.391. The van der Waals surface area contributed by atoms with Crippen LogP contribution in [0.4, 0.5) is 5.69 Å². The third kappa shape index (κ3) is 2.16. The number of nitrogens with one attached hydrogen (secondary N) is 1. The summed E-state index contributed by atoms with van der Waals surface area (Å²) in [5.41, 5.74) is 1.78. The summed E-state index contributed by atoms with van der Waals surface area (Å²) in [5.74, 6) is 0. The molecule has 0 atom stereocenters. The number of hydrogen-bond donors (Lipinski definition) is 1. The van der Waals surface area contributed by atoms with Gasteiger partial charge in [-0.25, -0.2) is 9.50 Å². The highest BCUT2D eigenvalue weighted by molar-refractivity contribution is 7.09. The SMILES string of the molecule is Clc1cc(NCc2nccs2)c2ccc(Cl)n2n1. The molecule has 0 spiro atoms. The van der Waals surface area contributed by atoms with E-state index in [1.54, 1.807) is 34.2 Å². The van der Waals surface area contributed by atoms with Crippen molar-refractivity contribution in [1.82, 2.24) is 14.6 Å². The quantitative estimate of drug-likeness (QED) is 0.801. The van der Waals surface area contributed by atoms with Crippen LogP contribution in [0.2, 0.25) is 10.3 Å². The second-order valence-electron chi connectivity index (χ2n) is 3.61. The zero-order valence-corrected chi connectivity index (χ0v) is 11.4. The van der Waals surface area contributed by atoms with Crippen molar-refractivity contribution in [3.8, 4) is 0 Å². The van der Waals surface area contributed by atoms with Crippen molar-refractivity contribution in [2.24, 2.45) is 0 Å². The van der Waals surface area contributed by atoms with Crippen molar-refractivity contribution in [3.63, 3.8) is 0 Å². The smallest absolute Gasteiger partial charge is 0.152 e. The van der Waals surface area contributed by atoms with E-state index in [2.05, 4.69) is 15.4 Å². The van der Waals surface area contributed by atoms with Crippen molar-refractivity contribution < 1.29 is 0 Å². The highest BCUT2D eigenvalue weighted by atomic mass is 35.5. The van der Waals surface area contributed by atoms with Gasteiger partial charge in [-0.2, -0.15) is 5.10 Å². The van der Waals surface area contributed by atoms with E-state index in [4.69, 9.17) is 23.2 Å². The molecule has 0 amide bonds. The molecule has 3 aromatic heterocycles. The molecular formula is C11H8Cl2N4S. The Balaban J connectivity index is 1.95. The fraction of sp³-hybridized carbons (Fsp3) is 0.0909. The van der Waals surface area contributed by atoms with E-state index >= 15 is 0 Å². The van der Waals surface area contributed by atoms with Gasteiger partial charge in [0.05, 0.1) is 17.7 Å². The number of rotatable bonds is 3. The molecule has 0 aliphatic rings. The van der Waals surface area contributed by atoms with Crippen LogP contribution in [0.5, 0.6) is 0 Å². The first kappa shape index (κ1) is 11.8. The predicted molar refractivity (Wildman–Crippen MR) is 74.7 cm³/mol. The van der Waals surface area contributed by atoms with Crippen molar-refractivity contribution in [2.75, 3.05) is 5.32 Å². The number of aromatic nitrogens is 3. The molecule has 1 N–H and O–H groups in total. The monoisotopic (exact) mass is 298 g/mol. The Morgan fingerprint density at radius 3 is 3.00 bits per heavy atom. The molecule has 0 saturated carbocycles. The van der Waals surface area contributed by atoms with Gasteiger partial charge in [0.2, 0.25) is 0 Å². The number of halogens is 2. The van der Waals surface area contributed by atoms with Gasteiger partial charge in [-0.1, -0.05) is 23.2 Å². The molecule has 7 heteroatoms. The Kier molecular flexibility index (Phi) is 3.11. The van der Waals surface area contributed by atoms with Crippen LogP contribution in [0.1, 0.15) is 5.01 Å². The maximum absolute atomic E-state index is 6.02. The molecule has 0 unspecified atom stereocenters. The Labute approximate surface area is 117 Å². The summed E-state index contributed by atoms with van der Waals surface area (Å²) in [6.07, 6.45) is 1.78. The number of nitrogens with zero attached hydrogens (tertiary/aromatic N) is 3. The van der Waals surface area contributed by atoms with Crippen LogP contribution in [0.25, 0.3) is 5.52 Å². The second-order valence-corrected chi connectivity index (χ2v) is 5.37. The molecule has 0 aromatic carbocycles. The highest BCUT2D eigenvalue weighted by Crippen LogP contribution is 2.25. The van der Waals surface area contributed by atoms with E-state index in [9.17, 15) is 0 Å². The summed E-state index contributed by atoms with van der Waals surface area (Å²) in [6, 6.07) is 5.46. The van der Waals surface area contributed by atoms with E-state index in [1.165, 1.54) is 0 Å². The van der Waals surface area contributed by atoms with Crippen LogP contribution < -0.4 is 5.32 Å². The largest absolute Gasteiger partial charge is 0.377 e. The van der Waals surface area contributed by atoms with Crippen LogP contribution >= 0.6 is 34.5 Å². The van der Waals surface area contributed by atoms with Crippen molar-refractivity contribution >= 4 is 45.7 Å². The molecular weight excluding hydrogens is 291 g/mol. The minimum Gasteiger partial charge on any atom is -0.377 e. The van der Waals surface area contributed by atoms with Gasteiger partial charge >= 0.3 is 0 Å². The molecule has 18 heavy (non-hydrogen) atoms. The van der Waals surface area contributed by atoms with Gasteiger partial charge in [-0.3, -0.25) is 0 Å². The first-order valence-electron chi connectivity index (χ1n) is 5.20. The third-order valence-electron chi connectivity index (χ3n) is 2.46. The third-order valence-corrected chi connectivity index (χ3v) is 3.71. The zero-order valence-electron chi connectivity index (χ0n) is 9.10. The molecule has 0 aliphatic heterocycles. The van der Waals surface area contributed by atoms with Gasteiger partial charge < -0.3 is 5.32 Å². The maximum atomic E-state index is 6.02. The number of fused-ring (bicyclic) bond motifs is 1. The summed E-state index contributed by atoms with van der Waals surface area (Å²) in [6.45, 7) is 0.649. The Morgan fingerprint density at radius 2 is 2.22 bits per heavy atom. The minimum atomic E-state index is 0.391. The molecule has 3 rings (SSSR count). The lowest BCUT2D eigenvalue weighted by Gasteiger charge is -2.07. The van der Waals surface area contributed by atoms with Crippen LogP contribution in [0, 0.1) is 0 Å². The Hall–Kier alpha value is -1.30. The number of hydrogen-bond acceptors (Lipinski definition) is 4. The summed E-state index contributed by atoms with van der Waals surface area (Å²) < 4.78 is 1.61. The predicted octanol–water partition coefficient (Wildman–Crippen LogP) is 3.71. The summed E-state index contributed by atoms with van der Waals surface area (Å²) in [5, 5.41) is 11.3. The molecule has 0 radical (unpaired) electrons. The second kappa shape index (κ2) is 4.76. The molecule has 0 saturated heterocycles. The van der Waals surface area contributed by atoms with Crippen LogP contribution in [0.3, 0.4) is 0 Å². The highest BCUT2D eigenvalue weighted by Gasteiger charge is 2.08. The standard InChI is InChI=1S/C11H8Cl2N4S/c12-9-5-7(15-6-11-14-3-4-18-11)8-1-2-10(13)17(8)16-9/h1-5,15H,6H2. The molecule has 4 nitrogen and oxygen atoms in total. The van der Waals surface area contributed by atoms with Crippen molar-refractivity contribution in [3.05, 3.63) is 45.1 Å². The van der Waals surface area contributed by atoms with Crippen LogP contribution in [-0.4, -0.2) is 14.6 Å². The fourth-order valence-corrected chi connectivity index (χ4v) is 2.61. The van der Waals surface area contributed by atoms with E-state index in [1.807, 2.05) is 11.4 Å². The van der Waals surface area contributed by atoms with Crippen LogP contribution in [0.15, 0.2) is 29.8 Å². The summed E-state index contributed by atoms with van der Waals surface area (Å²) in [7, 11) is 0. The number of anilines is 1. The van der Waals surface area contributed by atoms with Gasteiger partial charge in [0.1, 0.15) is 10.2 Å². The summed E-state index contributed by atoms with van der Waals surface area (Å²) in [4.78, 5) is 4.21. The molecule has 3 aromatic rings. The molecule has 0 bridgehead atoms. The summed E-state index contributed by atoms with van der Waals surface area (Å²) >= 11 is 13.6. The average Bonchev–Trinajstić information content (AvgIpc) is 2.97. The van der Waals surface area contributed by atoms with Gasteiger partial charge in [0.15, 0.2) is 5.15 Å². The Morgan fingerprint density at radius 1 is 1.33 bits per heavy atom. The van der Waals surface area contributed by atoms with Crippen molar-refractivity contribution in [1.29, 1.82) is 0 Å². The molecule has 3 heterocycles. The molecule has 92 valence electrons. The average molecular weight is 299 g/mol. The van der Waals surface area contributed by atoms with E-state index in [0.717, 1.165) is 16.2 Å². The van der Waals surface area contributed by atoms with Crippen LogP contribution in [-0.2, 0) is 6.54 Å². The van der Waals surface area contributed by atoms with E-state index in [0.29, 0.717) is 16.9 Å². The fourth-order valence-electron chi connectivity index (χ4n) is 1.68. The van der Waals surface area contributed by atoms with Gasteiger partial charge in [-0.15, -0.1) is 11.3 Å². The van der Waals surface area contributed by atoms with E-state index in [-0.39, 0.29) is 0 Å². The number of thiazole rings is 1. The van der Waals surface area contributed by atoms with Crippen molar-refractivity contribution in [2.45, 2.75) is 6.54 Å². The molecule has 0 fully saturated rings. The Bertz CT molecular complexity index is 678. The van der Waals surface area contributed by atoms with Gasteiger partial charge in [-0.05, 0) is 12.1 Å². The van der Waals surface area contributed by atoms with Gasteiger partial charge in [0, 0.05) is 17.6 Å². The topological polar surface area (TPSA) is 42.2 Å². The normalized spacial score (nSPS) is 11.0. The first-order valence-corrected chi connectivity index (χ1v) is 6.83. The lowest BCUT2D eigenvalue weighted by Crippen LogP contribution is -2.02.